The Morgan fingerprint density at radius 2 is 2.08 bits per heavy atom. The van der Waals surface area contributed by atoms with E-state index in [1.165, 1.54) is 23.1 Å². The van der Waals surface area contributed by atoms with Gasteiger partial charge in [-0.1, -0.05) is 0 Å². The van der Waals surface area contributed by atoms with Gasteiger partial charge in [-0.3, -0.25) is 14.7 Å². The van der Waals surface area contributed by atoms with Gasteiger partial charge in [-0.05, 0) is 57.9 Å². The Morgan fingerprint density at radius 1 is 1.27 bits per heavy atom. The molecule has 0 radical (unpaired) electrons. The minimum Gasteiger partial charge on any atom is -0.365 e. The maximum atomic E-state index is 13.5. The number of pyridine rings is 1. The number of tetrazole rings is 1. The summed E-state index contributed by atoms with van der Waals surface area (Å²) in [6.07, 6.45) is 0.170. The number of rotatable bonds is 7. The molecule has 4 heterocycles. The number of carbonyl (C=O) groups is 2. The second-order valence-corrected chi connectivity index (χ2v) is 8.67. The zero-order chi connectivity index (χ0) is 26.3. The van der Waals surface area contributed by atoms with Crippen LogP contribution in [0.5, 0.6) is 0 Å². The summed E-state index contributed by atoms with van der Waals surface area (Å²) in [7, 11) is 0. The van der Waals surface area contributed by atoms with Crippen LogP contribution in [0.3, 0.4) is 0 Å². The van der Waals surface area contributed by atoms with Crippen LogP contribution in [0, 0.1) is 6.92 Å². The molecular weight excluding hydrogens is 556 g/mol. The van der Waals surface area contributed by atoms with Crippen molar-refractivity contribution < 1.29 is 18.4 Å². The molecule has 1 aromatic carbocycles. The smallest absolute Gasteiger partial charge is 0.301 e. The predicted molar refractivity (Wildman–Crippen MR) is 128 cm³/mol. The number of aromatic nitrogens is 9. The molecule has 16 heteroatoms. The largest absolute Gasteiger partial charge is 0.365 e. The van der Waals surface area contributed by atoms with Crippen LogP contribution in [-0.2, 0) is 6.54 Å². The fourth-order valence-corrected chi connectivity index (χ4v) is 4.16. The first kappa shape index (κ1) is 24.1. The molecule has 5 rings (SSSR count). The third kappa shape index (κ3) is 4.53. The molecule has 0 atom stereocenters. The highest BCUT2D eigenvalue weighted by Crippen LogP contribution is 2.29. The van der Waals surface area contributed by atoms with Crippen LogP contribution in [0.25, 0.3) is 16.7 Å². The fourth-order valence-electron chi connectivity index (χ4n) is 3.74. The summed E-state index contributed by atoms with van der Waals surface area (Å²) < 4.78 is 27.5. The topological polar surface area (TPSA) is 175 Å². The normalized spacial score (nSPS) is 11.4. The van der Waals surface area contributed by atoms with E-state index in [4.69, 9.17) is 5.73 Å². The maximum Gasteiger partial charge on any atom is 0.301 e. The van der Waals surface area contributed by atoms with E-state index in [2.05, 4.69) is 56.9 Å². The molecule has 0 aliphatic rings. The molecule has 13 nitrogen and oxygen atoms in total. The second-order valence-electron chi connectivity index (χ2n) is 7.82. The number of H-pyrrole nitrogens is 1. The molecule has 0 saturated heterocycles. The molecule has 0 spiro atoms. The minimum atomic E-state index is -2.88. The number of nitrogens with one attached hydrogen (secondary N) is 2. The zero-order valence-electron chi connectivity index (χ0n) is 18.9. The SMILES string of the molecule is Cc1cc2cn[nH]c2c(C(N)=O)c1NC(=O)c1cc(Cn2nnc(C(F)F)n2)nn1-c1ncccc1Br. The molecule has 4 aromatic heterocycles. The average molecular weight is 572 g/mol. The molecule has 0 aliphatic heterocycles. The average Bonchev–Trinajstić information content (AvgIpc) is 3.59. The lowest BCUT2D eigenvalue weighted by molar-refractivity contribution is 0.100. The number of primary amides is 1. The van der Waals surface area contributed by atoms with E-state index in [-0.39, 0.29) is 35.0 Å². The number of carbonyl (C=O) groups excluding carboxylic acids is 2. The van der Waals surface area contributed by atoms with E-state index in [1.54, 1.807) is 25.1 Å². The van der Waals surface area contributed by atoms with Gasteiger partial charge in [-0.2, -0.15) is 15.0 Å². The van der Waals surface area contributed by atoms with Crippen molar-refractivity contribution >= 4 is 44.3 Å². The molecule has 0 bridgehead atoms. The Morgan fingerprint density at radius 3 is 2.78 bits per heavy atom. The van der Waals surface area contributed by atoms with E-state index < -0.39 is 24.1 Å². The molecule has 0 aliphatic carbocycles. The summed E-state index contributed by atoms with van der Waals surface area (Å²) in [5.74, 6) is -1.84. The number of hydrogen-bond donors (Lipinski definition) is 3. The second kappa shape index (κ2) is 9.45. The standard InChI is InChI=1S/C21H16BrF2N11O2/c1-9-5-10-7-27-29-16(10)14(18(25)36)15(9)28-21(37)13-6-11(8-34-32-19(17(23)24)30-33-34)31-35(13)20-12(22)3-2-4-26-20/h2-7,17H,8H2,1H3,(H2,25,36)(H,27,29)(H,28,37). The molecule has 0 saturated carbocycles. The highest BCUT2D eigenvalue weighted by Gasteiger charge is 2.24. The summed E-state index contributed by atoms with van der Waals surface area (Å²) in [5, 5.41) is 25.0. The van der Waals surface area contributed by atoms with E-state index in [0.29, 0.717) is 20.9 Å². The van der Waals surface area contributed by atoms with Crippen molar-refractivity contribution in [3.05, 3.63) is 69.5 Å². The molecular formula is C21H16BrF2N11O2. The van der Waals surface area contributed by atoms with Gasteiger partial charge in [-0.15, -0.1) is 10.2 Å². The van der Waals surface area contributed by atoms with E-state index in [1.807, 2.05) is 0 Å². The Labute approximate surface area is 214 Å². The number of benzene rings is 1. The summed E-state index contributed by atoms with van der Waals surface area (Å²) in [4.78, 5) is 31.1. The fraction of sp³-hybridized carbons (Fsp3) is 0.143. The van der Waals surface area contributed by atoms with E-state index in [0.717, 1.165) is 4.80 Å². The first-order chi connectivity index (χ1) is 17.7. The highest BCUT2D eigenvalue weighted by molar-refractivity contribution is 9.10. The molecule has 2 amide bonds. The molecule has 188 valence electrons. The zero-order valence-corrected chi connectivity index (χ0v) is 20.4. The Hall–Kier alpha value is -4.60. The van der Waals surface area contributed by atoms with Crippen LogP contribution >= 0.6 is 15.9 Å². The van der Waals surface area contributed by atoms with Gasteiger partial charge < -0.3 is 11.1 Å². The summed E-state index contributed by atoms with van der Waals surface area (Å²) in [6, 6.07) is 6.57. The third-order valence-corrected chi connectivity index (χ3v) is 5.94. The minimum absolute atomic E-state index is 0.0307. The Balaban J connectivity index is 1.57. The number of halogens is 3. The summed E-state index contributed by atoms with van der Waals surface area (Å²) in [6.45, 7) is 1.56. The molecule has 37 heavy (non-hydrogen) atoms. The van der Waals surface area contributed by atoms with Crippen molar-refractivity contribution in [3.63, 3.8) is 0 Å². The van der Waals surface area contributed by atoms with Crippen LogP contribution in [0.1, 0.15) is 44.4 Å². The van der Waals surface area contributed by atoms with Gasteiger partial charge in [0.15, 0.2) is 5.82 Å². The van der Waals surface area contributed by atoms with Gasteiger partial charge in [0.25, 0.3) is 11.8 Å². The van der Waals surface area contributed by atoms with Crippen molar-refractivity contribution in [2.24, 2.45) is 5.73 Å². The van der Waals surface area contributed by atoms with Gasteiger partial charge >= 0.3 is 6.43 Å². The van der Waals surface area contributed by atoms with Gasteiger partial charge in [-0.25, -0.2) is 18.4 Å². The molecule has 5 aromatic rings. The number of nitrogens with zero attached hydrogens (tertiary/aromatic N) is 8. The van der Waals surface area contributed by atoms with Crippen LogP contribution in [0.15, 0.2) is 41.1 Å². The monoisotopic (exact) mass is 571 g/mol. The lowest BCUT2D eigenvalue weighted by Gasteiger charge is -2.14. The summed E-state index contributed by atoms with van der Waals surface area (Å²) in [5.41, 5.74) is 7.14. The van der Waals surface area contributed by atoms with Crippen molar-refractivity contribution in [3.8, 4) is 5.82 Å². The predicted octanol–water partition coefficient (Wildman–Crippen LogP) is 2.54. The van der Waals surface area contributed by atoms with Gasteiger partial charge in [0.1, 0.15) is 12.2 Å². The number of anilines is 1. The van der Waals surface area contributed by atoms with Crippen LogP contribution in [0.4, 0.5) is 14.5 Å². The number of hydrogen-bond acceptors (Lipinski definition) is 8. The van der Waals surface area contributed by atoms with Gasteiger partial charge in [0.2, 0.25) is 5.82 Å². The number of fused-ring (bicyclic) bond motifs is 1. The van der Waals surface area contributed by atoms with Gasteiger partial charge in [0, 0.05) is 11.6 Å². The first-order valence-electron chi connectivity index (χ1n) is 10.6. The van der Waals surface area contributed by atoms with Crippen molar-refractivity contribution in [1.82, 2.24) is 45.2 Å². The molecule has 0 fully saturated rings. The number of nitrogens with two attached hydrogens (primary N) is 1. The number of alkyl halides is 2. The van der Waals surface area contributed by atoms with Crippen molar-refractivity contribution in [1.29, 1.82) is 0 Å². The third-order valence-electron chi connectivity index (χ3n) is 5.32. The van der Waals surface area contributed by atoms with Crippen molar-refractivity contribution in [2.45, 2.75) is 19.9 Å². The van der Waals surface area contributed by atoms with Crippen LogP contribution in [-0.4, -0.2) is 57.0 Å². The Kier molecular flexibility index (Phi) is 6.16. The molecule has 0 unspecified atom stereocenters. The summed E-state index contributed by atoms with van der Waals surface area (Å²) >= 11 is 3.39. The number of amides is 2. The maximum absolute atomic E-state index is 13.5. The van der Waals surface area contributed by atoms with Crippen LogP contribution in [0.2, 0.25) is 0 Å². The lowest BCUT2D eigenvalue weighted by Crippen LogP contribution is -2.22. The molecule has 4 N–H and O–H groups in total. The lowest BCUT2D eigenvalue weighted by atomic mass is 10.0. The Bertz CT molecular complexity index is 1660. The first-order valence-corrected chi connectivity index (χ1v) is 11.4. The van der Waals surface area contributed by atoms with E-state index >= 15 is 0 Å². The number of aromatic amines is 1. The van der Waals surface area contributed by atoms with Gasteiger partial charge in [0.05, 0.1) is 33.1 Å². The van der Waals surface area contributed by atoms with Crippen LogP contribution < -0.4 is 11.1 Å². The quantitative estimate of drug-likeness (QED) is 0.267. The highest BCUT2D eigenvalue weighted by atomic mass is 79.9. The van der Waals surface area contributed by atoms with E-state index in [9.17, 15) is 18.4 Å². The van der Waals surface area contributed by atoms with Crippen molar-refractivity contribution in [2.75, 3.05) is 5.32 Å². The number of aryl methyl sites for hydroxylation is 1.